The molecule has 0 saturated heterocycles. The Hall–Kier alpha value is -1.88. The largest absolute Gasteiger partial charge is 0.460 e. The van der Waals surface area contributed by atoms with Gasteiger partial charge in [-0.3, -0.25) is 5.43 Å². The molecule has 1 aromatic carbocycles. The number of nitrogens with one attached hydrogen (secondary N) is 2. The van der Waals surface area contributed by atoms with E-state index in [-0.39, 0.29) is 6.04 Å². The van der Waals surface area contributed by atoms with Gasteiger partial charge in [0.2, 0.25) is 0 Å². The lowest BCUT2D eigenvalue weighted by Gasteiger charge is -2.09. The summed E-state index contributed by atoms with van der Waals surface area (Å²) in [4.78, 5) is 0. The average Bonchev–Trinajstić information content (AvgIpc) is 2.76. The van der Waals surface area contributed by atoms with Gasteiger partial charge in [0.05, 0.1) is 6.21 Å². The van der Waals surface area contributed by atoms with Gasteiger partial charge in [-0.05, 0) is 32.1 Å². The number of rotatable bonds is 4. The topological polar surface area (TPSA) is 49.6 Å². The lowest BCUT2D eigenvalue weighted by atomic mass is 10.1. The fourth-order valence-corrected chi connectivity index (χ4v) is 2.26. The van der Waals surface area contributed by atoms with Crippen LogP contribution >= 0.6 is 12.2 Å². The van der Waals surface area contributed by atoms with E-state index in [4.69, 9.17) is 16.6 Å². The third-order valence-corrected chi connectivity index (χ3v) is 3.02. The first-order chi connectivity index (χ1) is 9.61. The van der Waals surface area contributed by atoms with Crippen LogP contribution in [0.2, 0.25) is 0 Å². The van der Waals surface area contributed by atoms with E-state index in [1.807, 2.05) is 38.1 Å². The Morgan fingerprint density at radius 1 is 1.40 bits per heavy atom. The molecular formula is C15H19N3OS. The molecule has 2 N–H and O–H groups in total. The molecule has 0 atom stereocenters. The second kappa shape index (κ2) is 6.52. The molecule has 5 heteroatoms. The van der Waals surface area contributed by atoms with Crippen LogP contribution in [0.1, 0.15) is 32.1 Å². The van der Waals surface area contributed by atoms with Crippen molar-refractivity contribution in [3.05, 3.63) is 35.6 Å². The van der Waals surface area contributed by atoms with Crippen LogP contribution < -0.4 is 10.7 Å². The number of hydrogen-bond donors (Lipinski definition) is 2. The Kier molecular flexibility index (Phi) is 4.74. The van der Waals surface area contributed by atoms with Crippen molar-refractivity contribution >= 4 is 34.5 Å². The van der Waals surface area contributed by atoms with Crippen molar-refractivity contribution in [2.45, 2.75) is 33.2 Å². The van der Waals surface area contributed by atoms with Gasteiger partial charge in [0.1, 0.15) is 11.3 Å². The summed E-state index contributed by atoms with van der Waals surface area (Å²) in [7, 11) is 0. The minimum absolute atomic E-state index is 0.283. The molecule has 106 valence electrons. The highest BCUT2D eigenvalue weighted by atomic mass is 32.1. The number of furan rings is 1. The third-order valence-electron chi connectivity index (χ3n) is 2.81. The summed E-state index contributed by atoms with van der Waals surface area (Å²) in [6, 6.07) is 8.24. The average molecular weight is 289 g/mol. The predicted octanol–water partition coefficient (Wildman–Crippen LogP) is 3.20. The molecule has 0 unspecified atom stereocenters. The fraction of sp³-hybridized carbons (Fsp3) is 0.333. The number of nitrogens with zero attached hydrogens (tertiary/aromatic N) is 1. The maximum absolute atomic E-state index is 5.80. The number of benzene rings is 1. The molecule has 20 heavy (non-hydrogen) atoms. The predicted molar refractivity (Wildman–Crippen MR) is 87.2 cm³/mol. The van der Waals surface area contributed by atoms with Gasteiger partial charge < -0.3 is 9.73 Å². The number of para-hydroxylation sites is 1. The minimum Gasteiger partial charge on any atom is -0.460 e. The van der Waals surface area contributed by atoms with Gasteiger partial charge >= 0.3 is 0 Å². The van der Waals surface area contributed by atoms with Crippen LogP contribution in [0.25, 0.3) is 11.0 Å². The lowest BCUT2D eigenvalue weighted by molar-refractivity contribution is 0.556. The quantitative estimate of drug-likeness (QED) is 0.515. The molecule has 0 radical (unpaired) electrons. The molecule has 2 aromatic rings. The number of hydrogen-bond acceptors (Lipinski definition) is 3. The molecule has 4 nitrogen and oxygen atoms in total. The van der Waals surface area contributed by atoms with Crippen molar-refractivity contribution in [3.8, 4) is 0 Å². The summed E-state index contributed by atoms with van der Waals surface area (Å²) in [6.07, 6.45) is 2.59. The summed E-state index contributed by atoms with van der Waals surface area (Å²) >= 11 is 5.12. The van der Waals surface area contributed by atoms with Crippen LogP contribution in [-0.2, 0) is 6.42 Å². The lowest BCUT2D eigenvalue weighted by Crippen LogP contribution is -2.36. The number of hydrazone groups is 1. The summed E-state index contributed by atoms with van der Waals surface area (Å²) in [5.41, 5.74) is 4.70. The molecule has 1 aromatic heterocycles. The summed E-state index contributed by atoms with van der Waals surface area (Å²) < 4.78 is 5.80. The van der Waals surface area contributed by atoms with Crippen LogP contribution in [-0.4, -0.2) is 17.4 Å². The van der Waals surface area contributed by atoms with Crippen molar-refractivity contribution in [3.63, 3.8) is 0 Å². The van der Waals surface area contributed by atoms with E-state index in [0.29, 0.717) is 5.11 Å². The monoisotopic (exact) mass is 289 g/mol. The zero-order chi connectivity index (χ0) is 14.5. The molecule has 0 aliphatic heterocycles. The van der Waals surface area contributed by atoms with E-state index in [1.165, 1.54) is 0 Å². The van der Waals surface area contributed by atoms with Crippen molar-refractivity contribution < 1.29 is 4.42 Å². The molecule has 0 aliphatic carbocycles. The summed E-state index contributed by atoms with van der Waals surface area (Å²) in [6.45, 7) is 6.11. The second-order valence-electron chi connectivity index (χ2n) is 4.79. The van der Waals surface area contributed by atoms with E-state index < -0.39 is 0 Å². The molecular weight excluding hydrogens is 270 g/mol. The van der Waals surface area contributed by atoms with Gasteiger partial charge in [0.25, 0.3) is 0 Å². The summed E-state index contributed by atoms with van der Waals surface area (Å²) in [5, 5.41) is 8.84. The normalized spacial score (nSPS) is 11.4. The number of aryl methyl sites for hydroxylation is 1. The van der Waals surface area contributed by atoms with Gasteiger partial charge in [-0.1, -0.05) is 25.1 Å². The molecule has 0 bridgehead atoms. The van der Waals surface area contributed by atoms with Gasteiger partial charge in [0, 0.05) is 23.4 Å². The first kappa shape index (κ1) is 14.5. The molecule has 1 heterocycles. The SMILES string of the molecule is CCc1oc2ccccc2c1/C=N\NC(=S)NC(C)C. The molecule has 0 spiro atoms. The molecule has 0 fully saturated rings. The van der Waals surface area contributed by atoms with E-state index in [1.54, 1.807) is 6.21 Å². The van der Waals surface area contributed by atoms with Crippen LogP contribution in [0.4, 0.5) is 0 Å². The first-order valence-electron chi connectivity index (χ1n) is 6.71. The number of fused-ring (bicyclic) bond motifs is 1. The molecule has 0 amide bonds. The Bertz CT molecular complexity index is 631. The minimum atomic E-state index is 0.283. The molecule has 2 rings (SSSR count). The highest BCUT2D eigenvalue weighted by Gasteiger charge is 2.10. The van der Waals surface area contributed by atoms with Gasteiger partial charge in [0.15, 0.2) is 5.11 Å². The standard InChI is InChI=1S/C15H19N3OS/c1-4-13-12(9-16-18-15(20)17-10(2)3)11-7-5-6-8-14(11)19-13/h5-10H,4H2,1-3H3,(H2,17,18,20)/b16-9-. The second-order valence-corrected chi connectivity index (χ2v) is 5.20. The van der Waals surface area contributed by atoms with Crippen LogP contribution in [0.5, 0.6) is 0 Å². The maximum Gasteiger partial charge on any atom is 0.187 e. The van der Waals surface area contributed by atoms with Gasteiger partial charge in [-0.25, -0.2) is 0 Å². The molecule has 0 saturated carbocycles. The maximum atomic E-state index is 5.80. The smallest absolute Gasteiger partial charge is 0.187 e. The Balaban J connectivity index is 2.18. The highest BCUT2D eigenvalue weighted by Crippen LogP contribution is 2.24. The van der Waals surface area contributed by atoms with Crippen molar-refractivity contribution in [1.29, 1.82) is 0 Å². The zero-order valence-electron chi connectivity index (χ0n) is 11.9. The van der Waals surface area contributed by atoms with Crippen molar-refractivity contribution in [2.24, 2.45) is 5.10 Å². The van der Waals surface area contributed by atoms with E-state index in [9.17, 15) is 0 Å². The third kappa shape index (κ3) is 3.36. The highest BCUT2D eigenvalue weighted by molar-refractivity contribution is 7.80. The van der Waals surface area contributed by atoms with Crippen LogP contribution in [0.15, 0.2) is 33.8 Å². The van der Waals surface area contributed by atoms with Crippen molar-refractivity contribution in [2.75, 3.05) is 0 Å². The van der Waals surface area contributed by atoms with E-state index in [2.05, 4.69) is 22.8 Å². The van der Waals surface area contributed by atoms with Crippen LogP contribution in [0, 0.1) is 0 Å². The number of thiocarbonyl (C=S) groups is 1. The van der Waals surface area contributed by atoms with Gasteiger partial charge in [-0.15, -0.1) is 0 Å². The zero-order valence-corrected chi connectivity index (χ0v) is 12.8. The van der Waals surface area contributed by atoms with Crippen LogP contribution in [0.3, 0.4) is 0 Å². The Morgan fingerprint density at radius 2 is 2.15 bits per heavy atom. The Morgan fingerprint density at radius 3 is 2.85 bits per heavy atom. The molecule has 0 aliphatic rings. The summed E-state index contributed by atoms with van der Waals surface area (Å²) in [5.74, 6) is 0.930. The van der Waals surface area contributed by atoms with E-state index >= 15 is 0 Å². The first-order valence-corrected chi connectivity index (χ1v) is 7.12. The van der Waals surface area contributed by atoms with E-state index in [0.717, 1.165) is 28.7 Å². The van der Waals surface area contributed by atoms with Gasteiger partial charge in [-0.2, -0.15) is 5.10 Å². The Labute approximate surface area is 124 Å². The van der Waals surface area contributed by atoms with Crippen molar-refractivity contribution in [1.82, 2.24) is 10.7 Å². The fourth-order valence-electron chi connectivity index (χ4n) is 1.97.